The number of hydrogen-bond acceptors (Lipinski definition) is 6. The lowest BCUT2D eigenvalue weighted by Crippen LogP contribution is -2.23. The third-order valence-electron chi connectivity index (χ3n) is 3.62. The van der Waals surface area contributed by atoms with E-state index in [-0.39, 0.29) is 12.5 Å². The van der Waals surface area contributed by atoms with Crippen LogP contribution in [0.3, 0.4) is 0 Å². The summed E-state index contributed by atoms with van der Waals surface area (Å²) < 4.78 is 15.5. The minimum absolute atomic E-state index is 0.115. The molecule has 0 spiro atoms. The Bertz CT molecular complexity index is 909. The van der Waals surface area contributed by atoms with Crippen LogP contribution in [0.2, 0.25) is 5.02 Å². The maximum Gasteiger partial charge on any atom is 0.257 e. The number of nitrogens with one attached hydrogen (secondary N) is 1. The second-order valence-electron chi connectivity index (χ2n) is 5.27. The van der Waals surface area contributed by atoms with Crippen LogP contribution in [0.25, 0.3) is 11.5 Å². The first-order valence-electron chi connectivity index (χ1n) is 7.69. The van der Waals surface area contributed by atoms with Gasteiger partial charge in [-0.25, -0.2) is 0 Å². The predicted molar refractivity (Wildman–Crippen MR) is 95.5 cm³/mol. The Hall–Kier alpha value is -3.06. The number of amides is 1. The zero-order chi connectivity index (χ0) is 18.5. The number of carbonyl (C=O) groups is 1. The van der Waals surface area contributed by atoms with Gasteiger partial charge in [-0.15, -0.1) is 0 Å². The average Bonchev–Trinajstić information content (AvgIpc) is 3.15. The van der Waals surface area contributed by atoms with E-state index in [2.05, 4.69) is 15.5 Å². The van der Waals surface area contributed by atoms with Gasteiger partial charge in [0.05, 0.1) is 26.3 Å². The summed E-state index contributed by atoms with van der Waals surface area (Å²) in [5.41, 5.74) is 1.13. The van der Waals surface area contributed by atoms with Crippen LogP contribution >= 0.6 is 11.6 Å². The number of hydrogen-bond donors (Lipinski definition) is 1. The van der Waals surface area contributed by atoms with E-state index in [9.17, 15) is 4.79 Å². The molecule has 26 heavy (non-hydrogen) atoms. The van der Waals surface area contributed by atoms with Crippen molar-refractivity contribution < 1.29 is 18.8 Å². The molecule has 2 aromatic carbocycles. The molecular weight excluding hydrogens is 358 g/mol. The zero-order valence-corrected chi connectivity index (χ0v) is 14.9. The fraction of sp³-hybridized carbons (Fsp3) is 0.167. The van der Waals surface area contributed by atoms with Crippen LogP contribution in [0.15, 0.2) is 47.0 Å². The number of nitrogens with zero attached hydrogens (tertiary/aromatic N) is 2. The van der Waals surface area contributed by atoms with Gasteiger partial charge in [0.1, 0.15) is 11.5 Å². The van der Waals surface area contributed by atoms with Crippen molar-refractivity contribution in [2.45, 2.75) is 6.54 Å². The van der Waals surface area contributed by atoms with E-state index in [1.54, 1.807) is 37.4 Å². The highest BCUT2D eigenvalue weighted by Gasteiger charge is 2.14. The summed E-state index contributed by atoms with van der Waals surface area (Å²) in [6.45, 7) is 0.115. The number of benzene rings is 2. The molecule has 0 fully saturated rings. The number of carbonyl (C=O) groups excluding carboxylic acids is 1. The van der Waals surface area contributed by atoms with Crippen molar-refractivity contribution in [3.8, 4) is 23.0 Å². The summed E-state index contributed by atoms with van der Waals surface area (Å²) in [4.78, 5) is 16.6. The Morgan fingerprint density at radius 3 is 2.62 bits per heavy atom. The van der Waals surface area contributed by atoms with Gasteiger partial charge in [-0.1, -0.05) is 16.8 Å². The molecule has 1 aromatic heterocycles. The van der Waals surface area contributed by atoms with Gasteiger partial charge in [-0.2, -0.15) is 4.98 Å². The smallest absolute Gasteiger partial charge is 0.257 e. The summed E-state index contributed by atoms with van der Waals surface area (Å²) in [6, 6.07) is 12.0. The summed E-state index contributed by atoms with van der Waals surface area (Å²) in [6.07, 6.45) is 0. The van der Waals surface area contributed by atoms with E-state index in [0.29, 0.717) is 28.1 Å². The minimum atomic E-state index is -0.325. The van der Waals surface area contributed by atoms with E-state index in [1.807, 2.05) is 12.1 Å². The van der Waals surface area contributed by atoms with Gasteiger partial charge in [-0.3, -0.25) is 4.79 Å². The molecule has 0 bridgehead atoms. The van der Waals surface area contributed by atoms with Crippen molar-refractivity contribution in [3.63, 3.8) is 0 Å². The Morgan fingerprint density at radius 2 is 1.92 bits per heavy atom. The van der Waals surface area contributed by atoms with Gasteiger partial charge in [0.25, 0.3) is 11.8 Å². The van der Waals surface area contributed by atoms with Crippen LogP contribution in [-0.4, -0.2) is 30.3 Å². The highest BCUT2D eigenvalue weighted by atomic mass is 35.5. The molecule has 3 rings (SSSR count). The Kier molecular flexibility index (Phi) is 5.38. The minimum Gasteiger partial charge on any atom is -0.497 e. The lowest BCUT2D eigenvalue weighted by molar-refractivity contribution is 0.0946. The molecule has 0 saturated carbocycles. The second kappa shape index (κ2) is 7.88. The number of aromatic nitrogens is 2. The summed E-state index contributed by atoms with van der Waals surface area (Å²) in [7, 11) is 3.07. The van der Waals surface area contributed by atoms with Crippen LogP contribution < -0.4 is 14.8 Å². The van der Waals surface area contributed by atoms with Gasteiger partial charge >= 0.3 is 0 Å². The third kappa shape index (κ3) is 3.94. The molecule has 0 radical (unpaired) electrons. The molecular formula is C18H16ClN3O4. The maximum atomic E-state index is 12.3. The van der Waals surface area contributed by atoms with E-state index < -0.39 is 0 Å². The second-order valence-corrected chi connectivity index (χ2v) is 5.71. The van der Waals surface area contributed by atoms with Gasteiger partial charge in [0.2, 0.25) is 0 Å². The van der Waals surface area contributed by atoms with Crippen LogP contribution in [0.1, 0.15) is 16.2 Å². The van der Waals surface area contributed by atoms with Gasteiger partial charge in [0.15, 0.2) is 5.82 Å². The van der Waals surface area contributed by atoms with Crippen molar-refractivity contribution in [3.05, 3.63) is 58.9 Å². The quantitative estimate of drug-likeness (QED) is 0.713. The number of methoxy groups -OCH3 is 2. The van der Waals surface area contributed by atoms with Gasteiger partial charge in [-0.05, 0) is 42.5 Å². The molecule has 0 saturated heterocycles. The van der Waals surface area contributed by atoms with Gasteiger partial charge in [0, 0.05) is 10.6 Å². The van der Waals surface area contributed by atoms with E-state index >= 15 is 0 Å². The predicted octanol–water partition coefficient (Wildman–Crippen LogP) is 3.34. The molecule has 134 valence electrons. The molecule has 0 atom stereocenters. The summed E-state index contributed by atoms with van der Waals surface area (Å²) >= 11 is 5.90. The van der Waals surface area contributed by atoms with Gasteiger partial charge < -0.3 is 19.3 Å². The van der Waals surface area contributed by atoms with Crippen LogP contribution in [0.4, 0.5) is 0 Å². The number of ether oxygens (including phenoxy) is 2. The maximum absolute atomic E-state index is 12.3. The first kappa shape index (κ1) is 17.8. The highest BCUT2D eigenvalue weighted by molar-refractivity contribution is 6.30. The molecule has 3 aromatic rings. The fourth-order valence-electron chi connectivity index (χ4n) is 2.28. The Labute approximate surface area is 154 Å². The first-order chi connectivity index (χ1) is 12.6. The Balaban J connectivity index is 1.67. The lowest BCUT2D eigenvalue weighted by Gasteiger charge is -2.08. The van der Waals surface area contributed by atoms with Crippen molar-refractivity contribution in [2.75, 3.05) is 14.2 Å². The fourth-order valence-corrected chi connectivity index (χ4v) is 2.45. The largest absolute Gasteiger partial charge is 0.497 e. The molecule has 0 aliphatic carbocycles. The topological polar surface area (TPSA) is 86.5 Å². The van der Waals surface area contributed by atoms with E-state index in [4.69, 9.17) is 25.6 Å². The highest BCUT2D eigenvalue weighted by Crippen LogP contribution is 2.23. The SMILES string of the molecule is COc1ccc(-c2nc(CNC(=O)c3ccc(Cl)cc3OC)no2)cc1. The molecule has 1 N–H and O–H groups in total. The Morgan fingerprint density at radius 1 is 1.15 bits per heavy atom. The average molecular weight is 374 g/mol. The van der Waals surface area contributed by atoms with Crippen molar-refractivity contribution in [1.29, 1.82) is 0 Å². The zero-order valence-electron chi connectivity index (χ0n) is 14.2. The molecule has 0 unspecified atom stereocenters. The van der Waals surface area contributed by atoms with Crippen molar-refractivity contribution in [1.82, 2.24) is 15.5 Å². The molecule has 0 aliphatic heterocycles. The standard InChI is InChI=1S/C18H16ClN3O4/c1-24-13-6-3-11(4-7-13)18-21-16(22-26-18)10-20-17(23)14-8-5-12(19)9-15(14)25-2/h3-9H,10H2,1-2H3,(H,20,23). The summed E-state index contributed by atoms with van der Waals surface area (Å²) in [5.74, 6) is 1.52. The molecule has 8 heteroatoms. The van der Waals surface area contributed by atoms with Crippen molar-refractivity contribution >= 4 is 17.5 Å². The van der Waals surface area contributed by atoms with Crippen LogP contribution in [0, 0.1) is 0 Å². The third-order valence-corrected chi connectivity index (χ3v) is 3.86. The summed E-state index contributed by atoms with van der Waals surface area (Å²) in [5, 5.41) is 7.09. The van der Waals surface area contributed by atoms with E-state index in [1.165, 1.54) is 7.11 Å². The molecule has 1 amide bonds. The molecule has 7 nitrogen and oxygen atoms in total. The first-order valence-corrected chi connectivity index (χ1v) is 8.07. The molecule has 0 aliphatic rings. The van der Waals surface area contributed by atoms with Crippen LogP contribution in [-0.2, 0) is 6.54 Å². The van der Waals surface area contributed by atoms with Crippen LogP contribution in [0.5, 0.6) is 11.5 Å². The number of halogens is 1. The van der Waals surface area contributed by atoms with Crippen molar-refractivity contribution in [2.24, 2.45) is 0 Å². The monoisotopic (exact) mass is 373 g/mol. The van der Waals surface area contributed by atoms with E-state index in [0.717, 1.165) is 11.3 Å². The lowest BCUT2D eigenvalue weighted by atomic mass is 10.2. The normalized spacial score (nSPS) is 10.4. The molecule has 1 heterocycles. The number of rotatable bonds is 6.